The average molecular weight is 428 g/mol. The number of aromatic nitrogens is 4. The van der Waals surface area contributed by atoms with Crippen molar-refractivity contribution in [2.24, 2.45) is 7.05 Å². The molecule has 1 aliphatic heterocycles. The van der Waals surface area contributed by atoms with Crippen molar-refractivity contribution in [1.82, 2.24) is 24.8 Å². The monoisotopic (exact) mass is 427 g/mol. The molecular formula is C25H25N5O2. The zero-order valence-corrected chi connectivity index (χ0v) is 18.0. The van der Waals surface area contributed by atoms with Crippen LogP contribution in [0.4, 0.5) is 0 Å². The highest BCUT2D eigenvalue weighted by Gasteiger charge is 2.16. The van der Waals surface area contributed by atoms with Gasteiger partial charge in [-0.15, -0.1) is 0 Å². The fourth-order valence-corrected chi connectivity index (χ4v) is 4.08. The summed E-state index contributed by atoms with van der Waals surface area (Å²) in [6, 6.07) is 11.7. The molecule has 7 heteroatoms. The summed E-state index contributed by atoms with van der Waals surface area (Å²) >= 11 is 0. The van der Waals surface area contributed by atoms with E-state index >= 15 is 0 Å². The normalized spacial score (nSPS) is 14.5. The first-order valence-electron chi connectivity index (χ1n) is 10.9. The van der Waals surface area contributed by atoms with Gasteiger partial charge in [0.15, 0.2) is 5.78 Å². The number of nitrogens with one attached hydrogen (secondary N) is 1. The third kappa shape index (κ3) is 4.38. The summed E-state index contributed by atoms with van der Waals surface area (Å²) in [5.41, 5.74) is 3.45. The Morgan fingerprint density at radius 1 is 1.09 bits per heavy atom. The Hall–Kier alpha value is -3.58. The Labute approximate surface area is 186 Å². The van der Waals surface area contributed by atoms with Gasteiger partial charge >= 0.3 is 0 Å². The number of nitrogens with zero attached hydrogens (tertiary/aromatic N) is 4. The van der Waals surface area contributed by atoms with Gasteiger partial charge in [0.2, 0.25) is 5.88 Å². The highest BCUT2D eigenvalue weighted by atomic mass is 16.5. The van der Waals surface area contributed by atoms with Crippen LogP contribution in [0.1, 0.15) is 28.9 Å². The molecule has 162 valence electrons. The number of benzene rings is 1. The average Bonchev–Trinajstić information content (AvgIpc) is 3.25. The Morgan fingerprint density at radius 2 is 1.97 bits per heavy atom. The number of carbonyl (C=O) groups is 1. The number of hydrogen-bond donors (Lipinski definition) is 1. The summed E-state index contributed by atoms with van der Waals surface area (Å²) in [4.78, 5) is 25.9. The number of rotatable bonds is 6. The fourth-order valence-electron chi connectivity index (χ4n) is 4.08. The van der Waals surface area contributed by atoms with Gasteiger partial charge < -0.3 is 14.6 Å². The molecule has 1 saturated heterocycles. The van der Waals surface area contributed by atoms with Gasteiger partial charge in [0.1, 0.15) is 6.10 Å². The van der Waals surface area contributed by atoms with E-state index in [-0.39, 0.29) is 18.3 Å². The quantitative estimate of drug-likeness (QED) is 0.474. The van der Waals surface area contributed by atoms with Gasteiger partial charge in [0.05, 0.1) is 24.6 Å². The molecule has 5 rings (SSSR count). The molecule has 0 saturated carbocycles. The zero-order chi connectivity index (χ0) is 21.9. The van der Waals surface area contributed by atoms with Gasteiger partial charge in [-0.3, -0.25) is 9.78 Å². The van der Waals surface area contributed by atoms with E-state index in [9.17, 15) is 4.79 Å². The first kappa shape index (κ1) is 20.3. The van der Waals surface area contributed by atoms with Crippen molar-refractivity contribution in [1.29, 1.82) is 0 Å². The van der Waals surface area contributed by atoms with Crippen LogP contribution in [-0.4, -0.2) is 44.5 Å². The largest absolute Gasteiger partial charge is 0.474 e. The molecule has 3 aromatic heterocycles. The minimum atomic E-state index is -0.00259. The van der Waals surface area contributed by atoms with Crippen molar-refractivity contribution in [2.45, 2.75) is 25.4 Å². The number of fused-ring (bicyclic) bond motifs is 1. The van der Waals surface area contributed by atoms with Gasteiger partial charge in [-0.05, 0) is 49.5 Å². The van der Waals surface area contributed by atoms with Crippen LogP contribution in [0.15, 0.2) is 61.3 Å². The highest BCUT2D eigenvalue weighted by Crippen LogP contribution is 2.24. The number of ether oxygens (including phenoxy) is 1. The second kappa shape index (κ2) is 8.88. The Morgan fingerprint density at radius 3 is 2.78 bits per heavy atom. The van der Waals surface area contributed by atoms with E-state index in [1.54, 1.807) is 24.7 Å². The van der Waals surface area contributed by atoms with Crippen molar-refractivity contribution in [3.63, 3.8) is 0 Å². The number of carbonyl (C=O) groups excluding carboxylic acids is 1. The molecule has 0 aliphatic carbocycles. The van der Waals surface area contributed by atoms with Gasteiger partial charge in [-0.25, -0.2) is 9.97 Å². The molecule has 32 heavy (non-hydrogen) atoms. The predicted octanol–water partition coefficient (Wildman–Crippen LogP) is 3.59. The van der Waals surface area contributed by atoms with E-state index < -0.39 is 0 Å². The van der Waals surface area contributed by atoms with E-state index in [4.69, 9.17) is 4.74 Å². The van der Waals surface area contributed by atoms with Crippen LogP contribution in [-0.2, 0) is 13.5 Å². The molecule has 4 heterocycles. The molecule has 1 fully saturated rings. The lowest BCUT2D eigenvalue weighted by molar-refractivity contribution is 0.0990. The van der Waals surface area contributed by atoms with Gasteiger partial charge in [0, 0.05) is 47.7 Å². The molecule has 0 unspecified atom stereocenters. The van der Waals surface area contributed by atoms with E-state index in [0.29, 0.717) is 11.4 Å². The fraction of sp³-hybridized carbons (Fsp3) is 0.280. The van der Waals surface area contributed by atoms with Crippen LogP contribution in [0.3, 0.4) is 0 Å². The lowest BCUT2D eigenvalue weighted by Crippen LogP contribution is -2.34. The molecule has 1 aliphatic rings. The second-order valence-electron chi connectivity index (χ2n) is 8.18. The number of ketones is 1. The van der Waals surface area contributed by atoms with Crippen LogP contribution in [0.5, 0.6) is 5.88 Å². The minimum Gasteiger partial charge on any atom is -0.474 e. The summed E-state index contributed by atoms with van der Waals surface area (Å²) in [5.74, 6) is 0.507. The van der Waals surface area contributed by atoms with Crippen LogP contribution in [0.25, 0.3) is 22.0 Å². The molecule has 0 radical (unpaired) electrons. The van der Waals surface area contributed by atoms with Crippen molar-refractivity contribution in [3.05, 3.63) is 72.6 Å². The second-order valence-corrected chi connectivity index (χ2v) is 8.18. The molecule has 1 N–H and O–H groups in total. The molecule has 0 spiro atoms. The smallest absolute Gasteiger partial charge is 0.214 e. The maximum atomic E-state index is 12.9. The van der Waals surface area contributed by atoms with E-state index in [2.05, 4.69) is 32.4 Å². The standard InChI is InChI=1S/C25H25N5O2/c1-30-16-27-15-23(30)17-2-3-19-14-29-21(11-20(19)10-17)13-24(31)18-4-9-28-25(12-18)32-22-5-7-26-8-6-22/h2-4,9-12,14-16,22,26H,5-8,13H2,1H3. The summed E-state index contributed by atoms with van der Waals surface area (Å²) in [7, 11) is 1.97. The molecule has 1 aromatic carbocycles. The maximum Gasteiger partial charge on any atom is 0.214 e. The Kier molecular flexibility index (Phi) is 5.64. The van der Waals surface area contributed by atoms with Gasteiger partial charge in [0.25, 0.3) is 0 Å². The van der Waals surface area contributed by atoms with Crippen LogP contribution in [0.2, 0.25) is 0 Å². The van der Waals surface area contributed by atoms with Gasteiger partial charge in [-0.2, -0.15) is 0 Å². The topological polar surface area (TPSA) is 81.9 Å². The number of imidazole rings is 1. The molecule has 0 bridgehead atoms. The number of Topliss-reactive ketones (excluding diaryl/α,β-unsaturated/α-hetero) is 1. The highest BCUT2D eigenvalue weighted by molar-refractivity contribution is 5.98. The van der Waals surface area contributed by atoms with E-state index in [1.807, 2.05) is 36.1 Å². The number of piperidine rings is 1. The van der Waals surface area contributed by atoms with Gasteiger partial charge in [-0.1, -0.05) is 12.1 Å². The van der Waals surface area contributed by atoms with Crippen LogP contribution < -0.4 is 10.1 Å². The third-order valence-corrected chi connectivity index (χ3v) is 5.86. The third-order valence-electron chi connectivity index (χ3n) is 5.86. The predicted molar refractivity (Wildman–Crippen MR) is 123 cm³/mol. The van der Waals surface area contributed by atoms with Crippen molar-refractivity contribution >= 4 is 16.6 Å². The molecule has 4 aromatic rings. The SMILES string of the molecule is Cn1cncc1-c1ccc2cnc(CC(=O)c3ccnc(OC4CCNCC4)c3)cc2c1. The number of hydrogen-bond acceptors (Lipinski definition) is 6. The summed E-state index contributed by atoms with van der Waals surface area (Å²) in [6.45, 7) is 1.89. The summed E-state index contributed by atoms with van der Waals surface area (Å²) < 4.78 is 7.97. The number of pyridine rings is 2. The Balaban J connectivity index is 1.34. The lowest BCUT2D eigenvalue weighted by Gasteiger charge is -2.23. The van der Waals surface area contributed by atoms with Crippen molar-refractivity contribution in [3.8, 4) is 17.1 Å². The van der Waals surface area contributed by atoms with E-state index in [0.717, 1.165) is 53.7 Å². The first-order chi connectivity index (χ1) is 15.7. The molecule has 0 amide bonds. The van der Waals surface area contributed by atoms with Crippen molar-refractivity contribution < 1.29 is 9.53 Å². The zero-order valence-electron chi connectivity index (χ0n) is 18.0. The Bertz CT molecular complexity index is 1260. The van der Waals surface area contributed by atoms with Crippen LogP contribution >= 0.6 is 0 Å². The lowest BCUT2D eigenvalue weighted by atomic mass is 10.0. The molecule has 7 nitrogen and oxygen atoms in total. The number of aryl methyl sites for hydroxylation is 1. The molecular weight excluding hydrogens is 402 g/mol. The summed E-state index contributed by atoms with van der Waals surface area (Å²) in [6.07, 6.45) is 9.35. The molecule has 0 atom stereocenters. The van der Waals surface area contributed by atoms with Crippen molar-refractivity contribution in [2.75, 3.05) is 13.1 Å². The van der Waals surface area contributed by atoms with E-state index in [1.165, 1.54) is 0 Å². The maximum absolute atomic E-state index is 12.9. The summed E-state index contributed by atoms with van der Waals surface area (Å²) in [5, 5.41) is 5.40. The first-order valence-corrected chi connectivity index (χ1v) is 10.9. The van der Waals surface area contributed by atoms with Crippen LogP contribution in [0, 0.1) is 0 Å². The minimum absolute atomic E-state index is 0.00259.